The molecule has 1 aromatic carbocycles. The van der Waals surface area contributed by atoms with Crippen LogP contribution in [0.15, 0.2) is 30.3 Å². The minimum absolute atomic E-state index is 0.0104. The van der Waals surface area contributed by atoms with Crippen LogP contribution in [-0.2, 0) is 25.6 Å². The number of nitrogens with one attached hydrogen (secondary N) is 1. The number of carboxylic acid groups (broad SMARTS) is 2. The maximum Gasteiger partial charge on any atom is 0.326 e. The molecule has 2 aliphatic heterocycles. The van der Waals surface area contributed by atoms with Gasteiger partial charge >= 0.3 is 11.9 Å². The lowest BCUT2D eigenvalue weighted by Crippen LogP contribution is -2.58. The van der Waals surface area contributed by atoms with Gasteiger partial charge in [-0.05, 0) is 44.1 Å². The van der Waals surface area contributed by atoms with E-state index in [-0.39, 0.29) is 17.9 Å². The third-order valence-corrected chi connectivity index (χ3v) is 6.61. The SMILES string of the molecule is CC(=O)N1CCC2CC(C(=O)O)N(C(=O)C(C)NC(CCc3ccccc3)C(=O)O)C2C1. The van der Waals surface area contributed by atoms with E-state index in [2.05, 4.69) is 5.32 Å². The predicted octanol–water partition coefficient (Wildman–Crippen LogP) is 0.973. The van der Waals surface area contributed by atoms with Crippen molar-refractivity contribution < 1.29 is 29.4 Å². The van der Waals surface area contributed by atoms with Gasteiger partial charge in [0.15, 0.2) is 0 Å². The van der Waals surface area contributed by atoms with E-state index < -0.39 is 36.0 Å². The zero-order chi connectivity index (χ0) is 23.4. The first kappa shape index (κ1) is 23.7. The average Bonchev–Trinajstić information content (AvgIpc) is 3.15. The van der Waals surface area contributed by atoms with Gasteiger partial charge in [-0.25, -0.2) is 4.79 Å². The van der Waals surface area contributed by atoms with Crippen LogP contribution in [0.25, 0.3) is 0 Å². The lowest BCUT2D eigenvalue weighted by Gasteiger charge is -2.39. The van der Waals surface area contributed by atoms with Crippen molar-refractivity contribution in [2.24, 2.45) is 5.92 Å². The van der Waals surface area contributed by atoms with Crippen LogP contribution in [0, 0.1) is 5.92 Å². The Hall–Kier alpha value is -2.94. The summed E-state index contributed by atoms with van der Waals surface area (Å²) in [5.74, 6) is -2.67. The van der Waals surface area contributed by atoms with Gasteiger partial charge in [0.25, 0.3) is 0 Å². The number of benzene rings is 1. The van der Waals surface area contributed by atoms with Gasteiger partial charge in [0, 0.05) is 20.0 Å². The molecule has 9 heteroatoms. The zero-order valence-electron chi connectivity index (χ0n) is 18.4. The Bertz CT molecular complexity index is 861. The van der Waals surface area contributed by atoms with E-state index in [9.17, 15) is 29.4 Å². The fourth-order valence-electron chi connectivity index (χ4n) is 4.85. The molecule has 5 unspecified atom stereocenters. The number of hydrogen-bond acceptors (Lipinski definition) is 5. The number of nitrogens with zero attached hydrogens (tertiary/aromatic N) is 2. The molecule has 2 aliphatic rings. The third-order valence-electron chi connectivity index (χ3n) is 6.61. The van der Waals surface area contributed by atoms with Crippen molar-refractivity contribution in [3.63, 3.8) is 0 Å². The number of likely N-dealkylation sites (tertiary alicyclic amines) is 2. The van der Waals surface area contributed by atoms with E-state index in [1.165, 1.54) is 11.8 Å². The van der Waals surface area contributed by atoms with Crippen molar-refractivity contribution >= 4 is 23.8 Å². The lowest BCUT2D eigenvalue weighted by atomic mass is 9.91. The first-order valence-corrected chi connectivity index (χ1v) is 11.0. The number of aliphatic carboxylic acids is 2. The molecule has 0 saturated carbocycles. The van der Waals surface area contributed by atoms with Crippen LogP contribution in [-0.4, -0.2) is 81.0 Å². The standard InChI is InChI=1S/C23H31N3O6/c1-14(24-18(22(29)30)9-8-16-6-4-3-5-7-16)21(28)26-19(23(31)32)12-17-10-11-25(15(2)27)13-20(17)26/h3-7,14,17-20,24H,8-13H2,1-2H3,(H,29,30)(H,31,32). The summed E-state index contributed by atoms with van der Waals surface area (Å²) in [6.45, 7) is 3.89. The monoisotopic (exact) mass is 445 g/mol. The van der Waals surface area contributed by atoms with Crippen molar-refractivity contribution in [1.29, 1.82) is 0 Å². The Morgan fingerprint density at radius 1 is 1.16 bits per heavy atom. The Kier molecular flexibility index (Phi) is 7.50. The summed E-state index contributed by atoms with van der Waals surface area (Å²) in [5.41, 5.74) is 0.999. The Morgan fingerprint density at radius 3 is 2.44 bits per heavy atom. The van der Waals surface area contributed by atoms with Gasteiger partial charge < -0.3 is 20.0 Å². The van der Waals surface area contributed by atoms with E-state index in [1.807, 2.05) is 30.3 Å². The fourth-order valence-corrected chi connectivity index (χ4v) is 4.85. The van der Waals surface area contributed by atoms with E-state index in [4.69, 9.17) is 0 Å². The van der Waals surface area contributed by atoms with Gasteiger partial charge in [0.05, 0.1) is 12.1 Å². The third kappa shape index (κ3) is 5.27. The van der Waals surface area contributed by atoms with E-state index >= 15 is 0 Å². The molecule has 5 atom stereocenters. The van der Waals surface area contributed by atoms with Gasteiger partial charge in [0.1, 0.15) is 12.1 Å². The molecule has 0 bridgehead atoms. The summed E-state index contributed by atoms with van der Waals surface area (Å²) in [4.78, 5) is 51.9. The van der Waals surface area contributed by atoms with Crippen LogP contribution < -0.4 is 5.32 Å². The van der Waals surface area contributed by atoms with Crippen molar-refractivity contribution in [1.82, 2.24) is 15.1 Å². The maximum absolute atomic E-state index is 13.3. The summed E-state index contributed by atoms with van der Waals surface area (Å²) >= 11 is 0. The summed E-state index contributed by atoms with van der Waals surface area (Å²) in [6, 6.07) is 6.32. The average molecular weight is 446 g/mol. The first-order chi connectivity index (χ1) is 15.2. The number of hydrogen-bond donors (Lipinski definition) is 3. The van der Waals surface area contributed by atoms with Crippen LogP contribution >= 0.6 is 0 Å². The maximum atomic E-state index is 13.3. The molecule has 0 aromatic heterocycles. The quantitative estimate of drug-likeness (QED) is 0.544. The second kappa shape index (κ2) is 10.1. The molecular weight excluding hydrogens is 414 g/mol. The van der Waals surface area contributed by atoms with Crippen LogP contribution in [0.1, 0.15) is 38.7 Å². The summed E-state index contributed by atoms with van der Waals surface area (Å²) in [6.07, 6.45) is 1.82. The number of carboxylic acids is 2. The van der Waals surface area contributed by atoms with Gasteiger partial charge in [-0.1, -0.05) is 30.3 Å². The highest BCUT2D eigenvalue weighted by atomic mass is 16.4. The van der Waals surface area contributed by atoms with Crippen molar-refractivity contribution in [2.45, 2.75) is 63.7 Å². The number of aryl methyl sites for hydroxylation is 1. The molecule has 0 spiro atoms. The number of piperidine rings is 1. The molecule has 0 aliphatic carbocycles. The molecule has 3 N–H and O–H groups in total. The van der Waals surface area contributed by atoms with Crippen molar-refractivity contribution in [3.8, 4) is 0 Å². The van der Waals surface area contributed by atoms with Crippen LogP contribution in [0.2, 0.25) is 0 Å². The molecule has 2 saturated heterocycles. The molecular formula is C23H31N3O6. The largest absolute Gasteiger partial charge is 0.480 e. The molecule has 2 fully saturated rings. The number of rotatable bonds is 8. The van der Waals surface area contributed by atoms with Gasteiger partial charge in [-0.2, -0.15) is 0 Å². The fraction of sp³-hybridized carbons (Fsp3) is 0.565. The Balaban J connectivity index is 1.71. The first-order valence-electron chi connectivity index (χ1n) is 11.0. The van der Waals surface area contributed by atoms with Crippen LogP contribution in [0.3, 0.4) is 0 Å². The number of carbonyl (C=O) groups excluding carboxylic acids is 2. The highest BCUT2D eigenvalue weighted by molar-refractivity contribution is 5.88. The topological polar surface area (TPSA) is 127 Å². The molecule has 174 valence electrons. The Morgan fingerprint density at radius 2 is 1.84 bits per heavy atom. The van der Waals surface area contributed by atoms with Gasteiger partial charge in [-0.15, -0.1) is 0 Å². The number of fused-ring (bicyclic) bond motifs is 1. The normalized spacial score (nSPS) is 24.5. The van der Waals surface area contributed by atoms with Crippen molar-refractivity contribution in [2.75, 3.05) is 13.1 Å². The van der Waals surface area contributed by atoms with E-state index in [0.29, 0.717) is 38.8 Å². The second-order valence-corrected chi connectivity index (χ2v) is 8.72. The minimum atomic E-state index is -1.08. The zero-order valence-corrected chi connectivity index (χ0v) is 18.4. The second-order valence-electron chi connectivity index (χ2n) is 8.72. The van der Waals surface area contributed by atoms with E-state index in [0.717, 1.165) is 5.56 Å². The van der Waals surface area contributed by atoms with Gasteiger partial charge in [-0.3, -0.25) is 19.7 Å². The van der Waals surface area contributed by atoms with Crippen molar-refractivity contribution in [3.05, 3.63) is 35.9 Å². The summed E-state index contributed by atoms with van der Waals surface area (Å²) < 4.78 is 0. The molecule has 3 rings (SSSR count). The molecule has 9 nitrogen and oxygen atoms in total. The molecule has 2 amide bonds. The Labute approximate surface area is 187 Å². The molecule has 32 heavy (non-hydrogen) atoms. The molecule has 1 aromatic rings. The number of carbonyl (C=O) groups is 4. The molecule has 0 radical (unpaired) electrons. The summed E-state index contributed by atoms with van der Waals surface area (Å²) in [5, 5.41) is 22.3. The predicted molar refractivity (Wildman–Crippen MR) is 116 cm³/mol. The highest BCUT2D eigenvalue weighted by Crippen LogP contribution is 2.36. The smallest absolute Gasteiger partial charge is 0.326 e. The van der Waals surface area contributed by atoms with Gasteiger partial charge in [0.2, 0.25) is 11.8 Å². The summed E-state index contributed by atoms with van der Waals surface area (Å²) in [7, 11) is 0. The minimum Gasteiger partial charge on any atom is -0.480 e. The van der Waals surface area contributed by atoms with E-state index in [1.54, 1.807) is 11.8 Å². The van der Waals surface area contributed by atoms with Crippen LogP contribution in [0.4, 0.5) is 0 Å². The molecule has 2 heterocycles. The number of amides is 2. The highest BCUT2D eigenvalue weighted by Gasteiger charge is 2.50. The lowest BCUT2D eigenvalue weighted by molar-refractivity contribution is -0.152. The van der Waals surface area contributed by atoms with Crippen LogP contribution in [0.5, 0.6) is 0 Å².